The lowest BCUT2D eigenvalue weighted by atomic mass is 10.1. The number of carboxylic acids is 1. The van der Waals surface area contributed by atoms with E-state index >= 15 is 0 Å². The smallest absolute Gasteiger partial charge is 0.475 e. The Bertz CT molecular complexity index is 1400. The lowest BCUT2D eigenvalue weighted by Crippen LogP contribution is -2.44. The highest BCUT2D eigenvalue weighted by Crippen LogP contribution is 2.32. The number of carbonyl (C=O) groups is 2. The van der Waals surface area contributed by atoms with Crippen molar-refractivity contribution in [1.82, 2.24) is 19.3 Å². The average molecular weight is 500 g/mol. The van der Waals surface area contributed by atoms with E-state index in [1.807, 2.05) is 41.1 Å². The summed E-state index contributed by atoms with van der Waals surface area (Å²) in [7, 11) is 2.15. The Labute approximate surface area is 203 Å². The monoisotopic (exact) mass is 500 g/mol. The van der Waals surface area contributed by atoms with Gasteiger partial charge in [0.15, 0.2) is 0 Å². The van der Waals surface area contributed by atoms with Crippen LogP contribution in [-0.4, -0.2) is 75.7 Å². The van der Waals surface area contributed by atoms with E-state index in [1.54, 1.807) is 18.6 Å². The summed E-state index contributed by atoms with van der Waals surface area (Å²) in [6, 6.07) is 11.7. The number of piperazine rings is 1. The fraction of sp³-hybridized carbons (Fsp3) is 0.250. The third kappa shape index (κ3) is 5.54. The minimum atomic E-state index is -5.08. The van der Waals surface area contributed by atoms with Gasteiger partial charge in [-0.2, -0.15) is 13.2 Å². The standard InChI is InChI=1S/C22H22N6O.C2HF3O2/c1-26-9-11-27(12-10-26)21-5-4-19(18-14-23-7-6-17(18)21)25-22(29)20-13-16-3-2-8-28(16)15-24-20;3-2(4,5)1(6)7/h2-8,13-15H,9-12H2,1H3,(H,25,29);(H,6,7). The fourth-order valence-corrected chi connectivity index (χ4v) is 3.85. The molecule has 4 aromatic rings. The summed E-state index contributed by atoms with van der Waals surface area (Å²) in [5.41, 5.74) is 3.24. The Hall–Kier alpha value is -4.19. The summed E-state index contributed by atoms with van der Waals surface area (Å²) >= 11 is 0. The first-order valence-electron chi connectivity index (χ1n) is 11.0. The molecule has 4 heterocycles. The van der Waals surface area contributed by atoms with Gasteiger partial charge in [-0.1, -0.05) is 0 Å². The largest absolute Gasteiger partial charge is 0.490 e. The first-order chi connectivity index (χ1) is 17.1. The zero-order valence-corrected chi connectivity index (χ0v) is 19.2. The van der Waals surface area contributed by atoms with Crippen molar-refractivity contribution in [3.05, 3.63) is 67.0 Å². The number of pyridine rings is 1. The van der Waals surface area contributed by atoms with Gasteiger partial charge in [-0.05, 0) is 43.4 Å². The van der Waals surface area contributed by atoms with Gasteiger partial charge in [0.2, 0.25) is 0 Å². The first kappa shape index (κ1) is 24.9. The molecule has 5 rings (SSSR count). The minimum absolute atomic E-state index is 0.230. The summed E-state index contributed by atoms with van der Waals surface area (Å²) < 4.78 is 33.6. The lowest BCUT2D eigenvalue weighted by Gasteiger charge is -2.34. The van der Waals surface area contributed by atoms with Crippen LogP contribution in [0.4, 0.5) is 24.5 Å². The number of nitrogens with one attached hydrogen (secondary N) is 1. The Morgan fingerprint density at radius 3 is 2.47 bits per heavy atom. The summed E-state index contributed by atoms with van der Waals surface area (Å²) in [4.78, 5) is 35.0. The van der Waals surface area contributed by atoms with E-state index < -0.39 is 12.1 Å². The van der Waals surface area contributed by atoms with Gasteiger partial charge in [-0.3, -0.25) is 9.78 Å². The number of nitrogens with zero attached hydrogens (tertiary/aromatic N) is 5. The van der Waals surface area contributed by atoms with Gasteiger partial charge in [-0.25, -0.2) is 9.78 Å². The van der Waals surface area contributed by atoms with Crippen LogP contribution in [0.1, 0.15) is 10.5 Å². The molecule has 0 aliphatic carbocycles. The molecule has 1 aliphatic heterocycles. The van der Waals surface area contributed by atoms with Crippen LogP contribution < -0.4 is 10.2 Å². The number of fused-ring (bicyclic) bond motifs is 2. The van der Waals surface area contributed by atoms with Gasteiger partial charge in [-0.15, -0.1) is 0 Å². The van der Waals surface area contributed by atoms with Crippen molar-refractivity contribution in [1.29, 1.82) is 0 Å². The van der Waals surface area contributed by atoms with Crippen LogP contribution in [0.15, 0.2) is 61.3 Å². The molecule has 1 aromatic carbocycles. The average Bonchev–Trinajstić information content (AvgIpc) is 3.33. The van der Waals surface area contributed by atoms with Crippen molar-refractivity contribution in [2.24, 2.45) is 0 Å². The third-order valence-corrected chi connectivity index (χ3v) is 5.78. The summed E-state index contributed by atoms with van der Waals surface area (Å²) in [6.07, 6.45) is 2.09. The lowest BCUT2D eigenvalue weighted by molar-refractivity contribution is -0.192. The van der Waals surface area contributed by atoms with Crippen LogP contribution in [0.3, 0.4) is 0 Å². The van der Waals surface area contributed by atoms with Crippen molar-refractivity contribution in [3.8, 4) is 0 Å². The molecule has 1 fully saturated rings. The van der Waals surface area contributed by atoms with Crippen LogP contribution in [0, 0.1) is 0 Å². The third-order valence-electron chi connectivity index (χ3n) is 5.78. The number of aromatic nitrogens is 3. The molecule has 0 saturated carbocycles. The van der Waals surface area contributed by atoms with E-state index in [0.717, 1.165) is 48.2 Å². The summed E-state index contributed by atoms with van der Waals surface area (Å²) in [5, 5.41) is 12.2. The van der Waals surface area contributed by atoms with Crippen molar-refractivity contribution >= 4 is 39.5 Å². The van der Waals surface area contributed by atoms with Crippen LogP contribution >= 0.6 is 0 Å². The van der Waals surface area contributed by atoms with E-state index in [-0.39, 0.29) is 5.91 Å². The van der Waals surface area contributed by atoms with Crippen LogP contribution in [0.5, 0.6) is 0 Å². The highest BCUT2D eigenvalue weighted by molar-refractivity contribution is 6.10. The second-order valence-electron chi connectivity index (χ2n) is 8.22. The zero-order chi connectivity index (χ0) is 25.9. The number of anilines is 2. The molecule has 36 heavy (non-hydrogen) atoms. The number of rotatable bonds is 3. The molecular formula is C24H23F3N6O3. The molecule has 188 valence electrons. The summed E-state index contributed by atoms with van der Waals surface area (Å²) in [5.74, 6) is -2.99. The summed E-state index contributed by atoms with van der Waals surface area (Å²) in [6.45, 7) is 4.06. The predicted octanol–water partition coefficient (Wildman–Crippen LogP) is 3.52. The number of alkyl halides is 3. The Balaban J connectivity index is 0.000000384. The Kier molecular flexibility index (Phi) is 7.06. The van der Waals surface area contributed by atoms with Crippen molar-refractivity contribution in [3.63, 3.8) is 0 Å². The van der Waals surface area contributed by atoms with Gasteiger partial charge in [0.25, 0.3) is 5.91 Å². The zero-order valence-electron chi connectivity index (χ0n) is 19.2. The van der Waals surface area contributed by atoms with E-state index in [0.29, 0.717) is 5.69 Å². The van der Waals surface area contributed by atoms with Crippen molar-refractivity contribution < 1.29 is 27.9 Å². The van der Waals surface area contributed by atoms with E-state index in [9.17, 15) is 18.0 Å². The minimum Gasteiger partial charge on any atom is -0.475 e. The number of halogens is 3. The molecule has 0 bridgehead atoms. The number of benzene rings is 1. The topological polar surface area (TPSA) is 103 Å². The molecule has 0 atom stereocenters. The van der Waals surface area contributed by atoms with Crippen LogP contribution in [0.25, 0.3) is 16.3 Å². The van der Waals surface area contributed by atoms with Gasteiger partial charge >= 0.3 is 12.1 Å². The number of hydrogen-bond acceptors (Lipinski definition) is 6. The van der Waals surface area contributed by atoms with Crippen molar-refractivity contribution in [2.45, 2.75) is 6.18 Å². The van der Waals surface area contributed by atoms with Crippen LogP contribution in [-0.2, 0) is 4.79 Å². The fourth-order valence-electron chi connectivity index (χ4n) is 3.85. The maximum atomic E-state index is 12.8. The molecule has 1 amide bonds. The molecule has 0 unspecified atom stereocenters. The van der Waals surface area contributed by atoms with Gasteiger partial charge in [0.1, 0.15) is 5.69 Å². The van der Waals surface area contributed by atoms with Gasteiger partial charge in [0.05, 0.1) is 12.0 Å². The highest BCUT2D eigenvalue weighted by atomic mass is 19.4. The molecule has 9 nitrogen and oxygen atoms in total. The molecule has 3 aromatic heterocycles. The molecule has 1 saturated heterocycles. The molecule has 1 aliphatic rings. The van der Waals surface area contributed by atoms with E-state index in [1.165, 1.54) is 5.69 Å². The molecule has 0 radical (unpaired) electrons. The molecule has 12 heteroatoms. The molecule has 2 N–H and O–H groups in total. The normalized spacial score (nSPS) is 14.4. The number of hydrogen-bond donors (Lipinski definition) is 2. The SMILES string of the molecule is CN1CCN(c2ccc(NC(=O)c3cc4cccn4cn3)c3cnccc23)CC1.O=C(O)C(F)(F)F. The quantitative estimate of drug-likeness (QED) is 0.444. The van der Waals surface area contributed by atoms with Gasteiger partial charge in [0, 0.05) is 66.7 Å². The first-order valence-corrected chi connectivity index (χ1v) is 11.0. The molecular weight excluding hydrogens is 477 g/mol. The van der Waals surface area contributed by atoms with E-state index in [2.05, 4.69) is 38.2 Å². The number of amides is 1. The number of likely N-dealkylation sites (N-methyl/N-ethyl adjacent to an activating group) is 1. The predicted molar refractivity (Wildman–Crippen MR) is 128 cm³/mol. The Morgan fingerprint density at radius 2 is 1.78 bits per heavy atom. The van der Waals surface area contributed by atoms with Crippen molar-refractivity contribution in [2.75, 3.05) is 43.4 Å². The maximum absolute atomic E-state index is 12.8. The highest BCUT2D eigenvalue weighted by Gasteiger charge is 2.38. The number of aliphatic carboxylic acids is 1. The van der Waals surface area contributed by atoms with Crippen LogP contribution in [0.2, 0.25) is 0 Å². The second kappa shape index (κ2) is 10.2. The maximum Gasteiger partial charge on any atom is 0.490 e. The second-order valence-corrected chi connectivity index (χ2v) is 8.22. The van der Waals surface area contributed by atoms with E-state index in [4.69, 9.17) is 9.90 Å². The number of carboxylic acid groups (broad SMARTS) is 1. The number of carbonyl (C=O) groups excluding carboxylic acids is 1. The Morgan fingerprint density at radius 1 is 1.06 bits per heavy atom. The molecule has 0 spiro atoms. The van der Waals surface area contributed by atoms with Gasteiger partial charge < -0.3 is 24.6 Å².